The largest absolute Gasteiger partial charge is 0.334 e. The van der Waals surface area contributed by atoms with Gasteiger partial charge in [-0.2, -0.15) is 0 Å². The topological polar surface area (TPSA) is 33.2 Å². The molecule has 0 spiro atoms. The van der Waals surface area contributed by atoms with E-state index in [0.717, 1.165) is 5.56 Å². The Morgan fingerprint density at radius 2 is 1.95 bits per heavy atom. The highest BCUT2D eigenvalue weighted by atomic mass is 35.5. The van der Waals surface area contributed by atoms with Crippen molar-refractivity contribution >= 4 is 29.1 Å². The van der Waals surface area contributed by atoms with Crippen LogP contribution >= 0.6 is 23.2 Å². The third-order valence-electron chi connectivity index (χ3n) is 2.99. The maximum absolute atomic E-state index is 12.5. The fourth-order valence-corrected chi connectivity index (χ4v) is 2.27. The quantitative estimate of drug-likeness (QED) is 0.853. The first-order chi connectivity index (χ1) is 9.63. The van der Waals surface area contributed by atoms with Gasteiger partial charge in [-0.3, -0.25) is 9.78 Å². The number of hydrogen-bond acceptors (Lipinski definition) is 2. The molecule has 20 heavy (non-hydrogen) atoms. The summed E-state index contributed by atoms with van der Waals surface area (Å²) in [5, 5.41) is 1.01. The molecule has 2 rings (SSSR count). The van der Waals surface area contributed by atoms with Gasteiger partial charge in [0.05, 0.1) is 10.6 Å². The molecule has 0 radical (unpaired) electrons. The van der Waals surface area contributed by atoms with Crippen LogP contribution < -0.4 is 0 Å². The van der Waals surface area contributed by atoms with Gasteiger partial charge in [-0.1, -0.05) is 41.4 Å². The number of carbonyl (C=O) groups is 1. The van der Waals surface area contributed by atoms with E-state index in [1.54, 1.807) is 17.2 Å². The van der Waals surface area contributed by atoms with E-state index in [9.17, 15) is 4.79 Å². The van der Waals surface area contributed by atoms with Crippen LogP contribution in [0.4, 0.5) is 0 Å². The van der Waals surface area contributed by atoms with E-state index in [1.165, 1.54) is 6.20 Å². The van der Waals surface area contributed by atoms with Gasteiger partial charge in [-0.25, -0.2) is 0 Å². The molecule has 0 aliphatic heterocycles. The zero-order valence-electron chi connectivity index (χ0n) is 11.0. The number of rotatable bonds is 4. The van der Waals surface area contributed by atoms with Crippen LogP contribution in [0, 0.1) is 0 Å². The molecule has 1 amide bonds. The Bertz CT molecular complexity index is 616. The summed E-state index contributed by atoms with van der Waals surface area (Å²) in [5.41, 5.74) is 1.37. The summed E-state index contributed by atoms with van der Waals surface area (Å²) in [5.74, 6) is -0.125. The Labute approximate surface area is 128 Å². The maximum atomic E-state index is 12.5. The normalized spacial score (nSPS) is 10.3. The first-order valence-electron chi connectivity index (χ1n) is 6.25. The van der Waals surface area contributed by atoms with Gasteiger partial charge in [0.15, 0.2) is 0 Å². The predicted molar refractivity (Wildman–Crippen MR) is 81.1 cm³/mol. The monoisotopic (exact) mass is 308 g/mol. The molecule has 1 aromatic carbocycles. The summed E-state index contributed by atoms with van der Waals surface area (Å²) in [6.45, 7) is 2.94. The Kier molecular flexibility index (Phi) is 4.99. The van der Waals surface area contributed by atoms with Crippen molar-refractivity contribution in [3.8, 4) is 0 Å². The number of pyridine rings is 1. The van der Waals surface area contributed by atoms with Crippen molar-refractivity contribution in [2.75, 3.05) is 6.54 Å². The van der Waals surface area contributed by atoms with Gasteiger partial charge < -0.3 is 4.90 Å². The molecule has 1 heterocycles. The first-order valence-corrected chi connectivity index (χ1v) is 7.01. The number of hydrogen-bond donors (Lipinski definition) is 0. The molecule has 0 N–H and O–H groups in total. The minimum absolute atomic E-state index is 0.125. The van der Waals surface area contributed by atoms with Crippen molar-refractivity contribution in [3.05, 3.63) is 63.9 Å². The van der Waals surface area contributed by atoms with Crippen molar-refractivity contribution in [1.29, 1.82) is 0 Å². The van der Waals surface area contributed by atoms with Crippen LogP contribution in [-0.4, -0.2) is 22.3 Å². The van der Waals surface area contributed by atoms with Gasteiger partial charge in [-0.15, -0.1) is 0 Å². The molecular weight excluding hydrogens is 295 g/mol. The molecule has 0 fully saturated rings. The van der Waals surface area contributed by atoms with E-state index in [1.807, 2.05) is 31.2 Å². The van der Waals surface area contributed by atoms with Gasteiger partial charge >= 0.3 is 0 Å². The van der Waals surface area contributed by atoms with E-state index in [4.69, 9.17) is 23.2 Å². The molecule has 0 unspecified atom stereocenters. The number of nitrogens with zero attached hydrogens (tertiary/aromatic N) is 2. The molecule has 0 saturated carbocycles. The lowest BCUT2D eigenvalue weighted by atomic mass is 10.2. The summed E-state index contributed by atoms with van der Waals surface area (Å²) in [7, 11) is 0. The Balaban J connectivity index is 2.23. The van der Waals surface area contributed by atoms with Crippen LogP contribution in [0.2, 0.25) is 10.0 Å². The molecule has 0 aliphatic rings. The third kappa shape index (κ3) is 3.30. The van der Waals surface area contributed by atoms with Crippen LogP contribution in [0.1, 0.15) is 22.8 Å². The molecule has 104 valence electrons. The Morgan fingerprint density at radius 3 is 2.60 bits per heavy atom. The Hall–Kier alpha value is -1.58. The highest BCUT2D eigenvalue weighted by molar-refractivity contribution is 6.33. The Morgan fingerprint density at radius 1 is 1.20 bits per heavy atom. The molecule has 5 heteroatoms. The van der Waals surface area contributed by atoms with Gasteiger partial charge in [0, 0.05) is 30.5 Å². The summed E-state index contributed by atoms with van der Waals surface area (Å²) in [6.07, 6.45) is 3.03. The average molecular weight is 309 g/mol. The first kappa shape index (κ1) is 14.8. The van der Waals surface area contributed by atoms with Crippen LogP contribution in [-0.2, 0) is 6.54 Å². The van der Waals surface area contributed by atoms with Crippen molar-refractivity contribution in [1.82, 2.24) is 9.88 Å². The van der Waals surface area contributed by atoms with Crippen LogP contribution in [0.5, 0.6) is 0 Å². The van der Waals surface area contributed by atoms with Gasteiger partial charge in [0.2, 0.25) is 0 Å². The molecule has 0 atom stereocenters. The summed E-state index contributed by atoms with van der Waals surface area (Å²) >= 11 is 12.2. The maximum Gasteiger partial charge on any atom is 0.255 e. The number of carbonyl (C=O) groups excluding carboxylic acids is 1. The van der Waals surface area contributed by atoms with Gasteiger partial charge in [-0.05, 0) is 24.6 Å². The minimum Gasteiger partial charge on any atom is -0.334 e. The lowest BCUT2D eigenvalue weighted by Gasteiger charge is -2.22. The smallest absolute Gasteiger partial charge is 0.255 e. The van der Waals surface area contributed by atoms with E-state index in [-0.39, 0.29) is 5.91 Å². The van der Waals surface area contributed by atoms with E-state index < -0.39 is 0 Å². The lowest BCUT2D eigenvalue weighted by Crippen LogP contribution is -2.30. The zero-order chi connectivity index (χ0) is 14.5. The standard InChI is InChI=1S/C15H14Cl2N2O/c1-2-19(10-11-5-3-4-6-13(11)16)15(20)12-7-8-18-9-14(12)17/h3-9H,2,10H2,1H3. The van der Waals surface area contributed by atoms with Crippen molar-refractivity contribution in [2.24, 2.45) is 0 Å². The second-order valence-electron chi connectivity index (χ2n) is 4.27. The molecule has 3 nitrogen and oxygen atoms in total. The van der Waals surface area contributed by atoms with E-state index in [2.05, 4.69) is 4.98 Å². The summed E-state index contributed by atoms with van der Waals surface area (Å²) in [6, 6.07) is 9.11. The van der Waals surface area contributed by atoms with Crippen LogP contribution in [0.15, 0.2) is 42.7 Å². The van der Waals surface area contributed by atoms with Crippen molar-refractivity contribution in [2.45, 2.75) is 13.5 Å². The number of aromatic nitrogens is 1. The molecule has 1 aromatic heterocycles. The van der Waals surface area contributed by atoms with Gasteiger partial charge in [0.1, 0.15) is 0 Å². The molecule has 0 saturated heterocycles. The van der Waals surface area contributed by atoms with Gasteiger partial charge in [0.25, 0.3) is 5.91 Å². The van der Waals surface area contributed by atoms with E-state index in [0.29, 0.717) is 28.7 Å². The summed E-state index contributed by atoms with van der Waals surface area (Å²) in [4.78, 5) is 18.1. The highest BCUT2D eigenvalue weighted by Gasteiger charge is 2.18. The highest BCUT2D eigenvalue weighted by Crippen LogP contribution is 2.20. The second-order valence-corrected chi connectivity index (χ2v) is 5.08. The zero-order valence-corrected chi connectivity index (χ0v) is 12.5. The van der Waals surface area contributed by atoms with Crippen LogP contribution in [0.3, 0.4) is 0 Å². The number of halogens is 2. The molecule has 0 bridgehead atoms. The fraction of sp³-hybridized carbons (Fsp3) is 0.200. The van der Waals surface area contributed by atoms with Crippen molar-refractivity contribution < 1.29 is 4.79 Å². The lowest BCUT2D eigenvalue weighted by molar-refractivity contribution is 0.0752. The second kappa shape index (κ2) is 6.73. The third-order valence-corrected chi connectivity index (χ3v) is 3.66. The molecular formula is C15H14Cl2N2O. The average Bonchev–Trinajstić information content (AvgIpc) is 2.46. The van der Waals surface area contributed by atoms with Crippen LogP contribution in [0.25, 0.3) is 0 Å². The molecule has 2 aromatic rings. The SMILES string of the molecule is CCN(Cc1ccccc1Cl)C(=O)c1ccncc1Cl. The van der Waals surface area contributed by atoms with Crippen molar-refractivity contribution in [3.63, 3.8) is 0 Å². The predicted octanol–water partition coefficient (Wildman–Crippen LogP) is 4.05. The van der Waals surface area contributed by atoms with E-state index >= 15 is 0 Å². The number of amides is 1. The molecule has 0 aliphatic carbocycles. The fourth-order valence-electron chi connectivity index (χ4n) is 1.88. The minimum atomic E-state index is -0.125. The number of benzene rings is 1. The summed E-state index contributed by atoms with van der Waals surface area (Å²) < 4.78 is 0.